The summed E-state index contributed by atoms with van der Waals surface area (Å²) in [6.45, 7) is 0. The Morgan fingerprint density at radius 1 is 1.10 bits per heavy atom. The van der Waals surface area contributed by atoms with Crippen LogP contribution in [0.1, 0.15) is 32.1 Å². The molecule has 1 fully saturated rings. The van der Waals surface area contributed by atoms with Gasteiger partial charge in [-0.2, -0.15) is 8.60 Å². The van der Waals surface area contributed by atoms with Gasteiger partial charge in [-0.1, -0.05) is 19.3 Å². The molecule has 0 aromatic heterocycles. The topological polar surface area (TPSA) is 55.3 Å². The van der Waals surface area contributed by atoms with Gasteiger partial charge in [-0.25, -0.2) is 0 Å². The lowest BCUT2D eigenvalue weighted by Crippen LogP contribution is -2.20. The van der Waals surface area contributed by atoms with Crippen LogP contribution in [0.4, 0.5) is 0 Å². The maximum atomic E-state index is 10.1. The fraction of sp³-hybridized carbons (Fsp3) is 1.00. The Kier molecular flexibility index (Phi) is 3.57. The van der Waals surface area contributed by atoms with E-state index in [0.717, 1.165) is 25.7 Å². The van der Waals surface area contributed by atoms with Crippen molar-refractivity contribution in [1.29, 1.82) is 0 Å². The highest BCUT2D eigenvalue weighted by Gasteiger charge is 2.11. The predicted octanol–water partition coefficient (Wildman–Crippen LogP) is 0.283. The van der Waals surface area contributed by atoms with Gasteiger partial charge in [0, 0.05) is 0 Å². The van der Waals surface area contributed by atoms with E-state index in [1.807, 2.05) is 0 Å². The van der Waals surface area contributed by atoms with Crippen molar-refractivity contribution in [2.75, 3.05) is 0 Å². The highest BCUT2D eigenvalue weighted by molar-refractivity contribution is 7.36. The minimum absolute atomic E-state index is 0.0186. The molecule has 1 saturated carbocycles. The van der Waals surface area contributed by atoms with E-state index in [1.165, 1.54) is 6.42 Å². The summed E-state index contributed by atoms with van der Waals surface area (Å²) >= 11 is 0. The molecule has 0 radical (unpaired) electrons. The lowest BCUT2D eigenvalue weighted by Gasteiger charge is -2.35. The van der Waals surface area contributed by atoms with E-state index in [1.54, 1.807) is 0 Å². The quantitative estimate of drug-likeness (QED) is 0.548. The highest BCUT2D eigenvalue weighted by atomic mass is 31.2. The van der Waals surface area contributed by atoms with Crippen LogP contribution in [0.15, 0.2) is 0 Å². The smallest absolute Gasteiger partial charge is 0.0585 e. The first-order chi connectivity index (χ1) is 4.79. The van der Waals surface area contributed by atoms with Crippen molar-refractivity contribution in [2.24, 2.45) is 0 Å². The monoisotopic (exact) mass is 162 g/mol. The van der Waals surface area contributed by atoms with Gasteiger partial charge in [-0.15, -0.1) is 0 Å². The molecule has 4 heteroatoms. The second kappa shape index (κ2) is 4.24. The third-order valence-corrected chi connectivity index (χ3v) is 2.26. The van der Waals surface area contributed by atoms with Crippen LogP contribution in [-0.2, 0) is 4.52 Å². The van der Waals surface area contributed by atoms with Crippen molar-refractivity contribution in [3.63, 3.8) is 0 Å². The van der Waals surface area contributed by atoms with E-state index >= 15 is 0 Å². The lowest BCUT2D eigenvalue weighted by atomic mass is 9.98. The van der Waals surface area contributed by atoms with E-state index in [-0.39, 0.29) is 6.10 Å². The van der Waals surface area contributed by atoms with Crippen molar-refractivity contribution >= 4 is 8.60 Å². The van der Waals surface area contributed by atoms with E-state index in [2.05, 4.69) is 4.52 Å². The Morgan fingerprint density at radius 2 is 1.70 bits per heavy atom. The first-order valence-electron chi connectivity index (χ1n) is 3.60. The average molecular weight is 162 g/mol. The fourth-order valence-corrected chi connectivity index (χ4v) is 1.75. The van der Waals surface area contributed by atoms with Crippen LogP contribution in [0.25, 0.3) is 0 Å². The van der Waals surface area contributed by atoms with Gasteiger partial charge in [0.2, 0.25) is 0 Å². The minimum atomic E-state index is -2.62. The largest absolute Gasteiger partial charge is 0.820 e. The van der Waals surface area contributed by atoms with Gasteiger partial charge >= 0.3 is 0 Å². The van der Waals surface area contributed by atoms with Crippen molar-refractivity contribution in [1.82, 2.24) is 0 Å². The molecule has 60 valence electrons. The predicted molar refractivity (Wildman–Crippen MR) is 34.9 cm³/mol. The molecule has 0 bridgehead atoms. The van der Waals surface area contributed by atoms with E-state index in [0.29, 0.717) is 0 Å². The second-order valence-corrected chi connectivity index (χ2v) is 3.25. The van der Waals surface area contributed by atoms with Crippen LogP contribution in [0.5, 0.6) is 0 Å². The molecule has 0 aliphatic heterocycles. The maximum absolute atomic E-state index is 10.1. The van der Waals surface area contributed by atoms with Crippen molar-refractivity contribution in [3.05, 3.63) is 0 Å². The van der Waals surface area contributed by atoms with Gasteiger partial charge in [-0.05, 0) is 12.8 Å². The van der Waals surface area contributed by atoms with Crippen molar-refractivity contribution in [3.8, 4) is 0 Å². The zero-order chi connectivity index (χ0) is 7.40. The molecule has 0 amide bonds. The summed E-state index contributed by atoms with van der Waals surface area (Å²) in [6.07, 6.45) is 5.22. The van der Waals surface area contributed by atoms with Crippen LogP contribution in [0.2, 0.25) is 0 Å². The summed E-state index contributed by atoms with van der Waals surface area (Å²) in [7, 11) is -2.62. The molecule has 1 rings (SSSR count). The maximum Gasteiger partial charge on any atom is 0.0585 e. The minimum Gasteiger partial charge on any atom is -0.820 e. The molecule has 0 aromatic carbocycles. The molecule has 0 spiro atoms. The Labute approximate surface area is 62.0 Å². The van der Waals surface area contributed by atoms with E-state index in [9.17, 15) is 9.79 Å². The molecular formula is C6H11O3P-2. The molecule has 3 nitrogen and oxygen atoms in total. The summed E-state index contributed by atoms with van der Waals surface area (Å²) in [5.74, 6) is 0. The SMILES string of the molecule is [O-]P([O-])OC1CCCCC1. The average Bonchev–Trinajstić information content (AvgIpc) is 1.88. The Morgan fingerprint density at radius 3 is 2.20 bits per heavy atom. The summed E-state index contributed by atoms with van der Waals surface area (Å²) in [4.78, 5) is 20.2. The highest BCUT2D eigenvalue weighted by Crippen LogP contribution is 2.27. The zero-order valence-corrected chi connectivity index (χ0v) is 6.68. The molecule has 10 heavy (non-hydrogen) atoms. The van der Waals surface area contributed by atoms with Gasteiger partial charge < -0.3 is 14.3 Å². The van der Waals surface area contributed by atoms with Gasteiger partial charge in [0.05, 0.1) is 6.10 Å². The number of rotatable bonds is 2. The van der Waals surface area contributed by atoms with Gasteiger partial charge in [-0.3, -0.25) is 0 Å². The van der Waals surface area contributed by atoms with Gasteiger partial charge in [0.25, 0.3) is 0 Å². The van der Waals surface area contributed by atoms with Crippen molar-refractivity contribution in [2.45, 2.75) is 38.2 Å². The van der Waals surface area contributed by atoms with E-state index in [4.69, 9.17) is 0 Å². The standard InChI is InChI=1S/C6H11O3P/c7-10(8)9-6-4-2-1-3-5-6/h6H,1-5H2/q-2. The third kappa shape index (κ3) is 2.93. The first kappa shape index (κ1) is 8.41. The van der Waals surface area contributed by atoms with Crippen LogP contribution in [0, 0.1) is 0 Å². The zero-order valence-electron chi connectivity index (χ0n) is 5.78. The van der Waals surface area contributed by atoms with Crippen LogP contribution < -0.4 is 9.79 Å². The van der Waals surface area contributed by atoms with Gasteiger partial charge in [0.15, 0.2) is 0 Å². The molecule has 0 heterocycles. The third-order valence-electron chi connectivity index (χ3n) is 1.79. The summed E-state index contributed by atoms with van der Waals surface area (Å²) in [5.41, 5.74) is 0. The summed E-state index contributed by atoms with van der Waals surface area (Å²) < 4.78 is 4.64. The molecule has 0 saturated heterocycles. The second-order valence-electron chi connectivity index (χ2n) is 2.59. The summed E-state index contributed by atoms with van der Waals surface area (Å²) in [5, 5.41) is 0. The Hall–Kier alpha value is 0.310. The lowest BCUT2D eigenvalue weighted by molar-refractivity contribution is -0.321. The number of hydrogen-bond acceptors (Lipinski definition) is 3. The normalized spacial score (nSPS) is 21.9. The fourth-order valence-electron chi connectivity index (χ4n) is 1.29. The Balaban J connectivity index is 2.13. The Bertz CT molecular complexity index is 91.0. The molecular weight excluding hydrogens is 151 g/mol. The van der Waals surface area contributed by atoms with Gasteiger partial charge in [0.1, 0.15) is 0 Å². The van der Waals surface area contributed by atoms with E-state index < -0.39 is 8.60 Å². The van der Waals surface area contributed by atoms with Crippen LogP contribution in [0.3, 0.4) is 0 Å². The molecule has 0 aromatic rings. The summed E-state index contributed by atoms with van der Waals surface area (Å²) in [6, 6.07) is 0. The van der Waals surface area contributed by atoms with Crippen molar-refractivity contribution < 1.29 is 14.3 Å². The number of hydrogen-bond donors (Lipinski definition) is 0. The first-order valence-corrected chi connectivity index (χ1v) is 4.70. The van der Waals surface area contributed by atoms with Crippen LogP contribution in [-0.4, -0.2) is 6.10 Å². The molecule has 0 N–H and O–H groups in total. The molecule has 1 aliphatic rings. The molecule has 0 atom stereocenters. The molecule has 0 unspecified atom stereocenters. The van der Waals surface area contributed by atoms with Crippen LogP contribution >= 0.6 is 8.60 Å². The molecule has 1 aliphatic carbocycles.